The van der Waals surface area contributed by atoms with Gasteiger partial charge in [-0.05, 0) is 39.2 Å². The van der Waals surface area contributed by atoms with Crippen LogP contribution in [0, 0.1) is 6.92 Å². The lowest BCUT2D eigenvalue weighted by atomic mass is 9.91. The van der Waals surface area contributed by atoms with Crippen LogP contribution >= 0.6 is 22.6 Å². The Labute approximate surface area is 123 Å². The van der Waals surface area contributed by atoms with Crippen molar-refractivity contribution in [3.8, 4) is 0 Å². The molecule has 0 unspecified atom stereocenters. The number of alkyl halides is 1. The summed E-state index contributed by atoms with van der Waals surface area (Å²) in [6.45, 7) is 5.75. The molecule has 0 aromatic heterocycles. The van der Waals surface area contributed by atoms with Crippen molar-refractivity contribution >= 4 is 22.6 Å². The van der Waals surface area contributed by atoms with Crippen LogP contribution in [0.15, 0.2) is 24.3 Å². The molecule has 1 aromatic carbocycles. The standard InChI is InChI=1S/C15H21IO2/c1-11-4-6-12(7-5-11)15(10-16)9-8-13(18-15)14(2,3)17/h4-7,13,17H,8-10H2,1-3H3/t13-,15+/m0/s1. The van der Waals surface area contributed by atoms with Crippen molar-refractivity contribution in [1.82, 2.24) is 0 Å². The highest BCUT2D eigenvalue weighted by molar-refractivity contribution is 14.1. The Morgan fingerprint density at radius 3 is 2.44 bits per heavy atom. The fourth-order valence-corrected chi connectivity index (χ4v) is 3.50. The van der Waals surface area contributed by atoms with Crippen LogP contribution in [-0.4, -0.2) is 21.2 Å². The van der Waals surface area contributed by atoms with Gasteiger partial charge in [0.2, 0.25) is 0 Å². The number of rotatable bonds is 3. The summed E-state index contributed by atoms with van der Waals surface area (Å²) >= 11 is 2.39. The molecule has 0 spiro atoms. The smallest absolute Gasteiger partial charge is 0.103 e. The van der Waals surface area contributed by atoms with E-state index in [-0.39, 0.29) is 11.7 Å². The van der Waals surface area contributed by atoms with Gasteiger partial charge >= 0.3 is 0 Å². The molecular formula is C15H21IO2. The summed E-state index contributed by atoms with van der Waals surface area (Å²) in [6.07, 6.45) is 1.82. The van der Waals surface area contributed by atoms with Gasteiger partial charge < -0.3 is 9.84 Å². The Morgan fingerprint density at radius 2 is 2.00 bits per heavy atom. The van der Waals surface area contributed by atoms with Crippen LogP contribution in [0.3, 0.4) is 0 Å². The molecule has 1 saturated heterocycles. The second-order valence-electron chi connectivity index (χ2n) is 5.79. The molecule has 18 heavy (non-hydrogen) atoms. The number of ether oxygens (including phenoxy) is 1. The van der Waals surface area contributed by atoms with Crippen LogP contribution < -0.4 is 0 Å². The van der Waals surface area contributed by atoms with E-state index in [0.29, 0.717) is 0 Å². The zero-order chi connectivity index (χ0) is 13.4. The fourth-order valence-electron chi connectivity index (χ4n) is 2.50. The monoisotopic (exact) mass is 360 g/mol. The van der Waals surface area contributed by atoms with E-state index in [0.717, 1.165) is 17.3 Å². The minimum absolute atomic E-state index is 0.0754. The molecule has 1 heterocycles. The van der Waals surface area contributed by atoms with Gasteiger partial charge in [-0.2, -0.15) is 0 Å². The van der Waals surface area contributed by atoms with E-state index in [9.17, 15) is 5.11 Å². The molecular weight excluding hydrogens is 339 g/mol. The third kappa shape index (κ3) is 2.73. The van der Waals surface area contributed by atoms with Crippen LogP contribution in [0.25, 0.3) is 0 Å². The maximum absolute atomic E-state index is 10.1. The average molecular weight is 360 g/mol. The molecule has 1 fully saturated rings. The minimum Gasteiger partial charge on any atom is -0.388 e. The Balaban J connectivity index is 2.26. The molecule has 3 heteroatoms. The lowest BCUT2D eigenvalue weighted by Gasteiger charge is -2.32. The van der Waals surface area contributed by atoms with Crippen LogP contribution in [-0.2, 0) is 10.3 Å². The molecule has 1 N–H and O–H groups in total. The predicted molar refractivity (Wildman–Crippen MR) is 82.1 cm³/mol. The van der Waals surface area contributed by atoms with E-state index < -0.39 is 5.60 Å². The Bertz CT molecular complexity index is 407. The van der Waals surface area contributed by atoms with Crippen molar-refractivity contribution in [3.05, 3.63) is 35.4 Å². The average Bonchev–Trinajstić information content (AvgIpc) is 2.75. The van der Waals surface area contributed by atoms with Crippen LogP contribution in [0.5, 0.6) is 0 Å². The number of hydrogen-bond donors (Lipinski definition) is 1. The fraction of sp³-hybridized carbons (Fsp3) is 0.600. The molecule has 100 valence electrons. The molecule has 1 aliphatic heterocycles. The summed E-state index contributed by atoms with van der Waals surface area (Å²) in [5, 5.41) is 10.1. The third-order valence-corrected chi connectivity index (χ3v) is 4.99. The van der Waals surface area contributed by atoms with Crippen molar-refractivity contribution in [2.45, 2.75) is 50.9 Å². The number of aliphatic hydroxyl groups is 1. The summed E-state index contributed by atoms with van der Waals surface area (Å²) in [4.78, 5) is 0. The second kappa shape index (κ2) is 5.10. The molecule has 0 radical (unpaired) electrons. The molecule has 0 bridgehead atoms. The second-order valence-corrected chi connectivity index (χ2v) is 6.56. The Kier molecular flexibility index (Phi) is 4.04. The summed E-state index contributed by atoms with van der Waals surface area (Å²) in [5.41, 5.74) is 1.51. The summed E-state index contributed by atoms with van der Waals surface area (Å²) in [7, 11) is 0. The lowest BCUT2D eigenvalue weighted by Crippen LogP contribution is -2.38. The highest BCUT2D eigenvalue weighted by atomic mass is 127. The Hall–Kier alpha value is -0.130. The molecule has 0 aliphatic carbocycles. The van der Waals surface area contributed by atoms with Crippen LogP contribution in [0.1, 0.15) is 37.8 Å². The van der Waals surface area contributed by atoms with Gasteiger partial charge in [-0.25, -0.2) is 0 Å². The normalized spacial score (nSPS) is 28.6. The molecule has 2 nitrogen and oxygen atoms in total. The van der Waals surface area contributed by atoms with Gasteiger partial charge in [0, 0.05) is 4.43 Å². The number of hydrogen-bond acceptors (Lipinski definition) is 2. The molecule has 1 aliphatic rings. The highest BCUT2D eigenvalue weighted by Gasteiger charge is 2.45. The van der Waals surface area contributed by atoms with Crippen molar-refractivity contribution in [3.63, 3.8) is 0 Å². The largest absolute Gasteiger partial charge is 0.388 e. The quantitative estimate of drug-likeness (QED) is 0.660. The lowest BCUT2D eigenvalue weighted by molar-refractivity contribution is -0.115. The van der Waals surface area contributed by atoms with Gasteiger partial charge in [-0.1, -0.05) is 52.4 Å². The topological polar surface area (TPSA) is 29.5 Å². The first-order chi connectivity index (χ1) is 8.37. The summed E-state index contributed by atoms with van der Waals surface area (Å²) in [6, 6.07) is 8.57. The third-order valence-electron chi connectivity index (χ3n) is 3.76. The van der Waals surface area contributed by atoms with Crippen LogP contribution in [0.2, 0.25) is 0 Å². The zero-order valence-corrected chi connectivity index (χ0v) is 13.4. The van der Waals surface area contributed by atoms with Gasteiger partial charge in [-0.3, -0.25) is 0 Å². The maximum Gasteiger partial charge on any atom is 0.103 e. The van der Waals surface area contributed by atoms with E-state index in [2.05, 4.69) is 53.8 Å². The van der Waals surface area contributed by atoms with Crippen LogP contribution in [0.4, 0.5) is 0 Å². The van der Waals surface area contributed by atoms with Gasteiger partial charge in [0.1, 0.15) is 5.60 Å². The maximum atomic E-state index is 10.1. The molecule has 0 amide bonds. The first-order valence-electron chi connectivity index (χ1n) is 6.41. The van der Waals surface area contributed by atoms with Crippen molar-refractivity contribution in [2.24, 2.45) is 0 Å². The SMILES string of the molecule is Cc1ccc([C@]2(CI)CC[C@@H](C(C)(C)O)O2)cc1. The van der Waals surface area contributed by atoms with E-state index in [4.69, 9.17) is 4.74 Å². The van der Waals surface area contributed by atoms with Gasteiger partial charge in [0.15, 0.2) is 0 Å². The predicted octanol–water partition coefficient (Wildman–Crippen LogP) is 3.58. The van der Waals surface area contributed by atoms with E-state index in [1.54, 1.807) is 0 Å². The molecule has 2 rings (SSSR count). The molecule has 1 aromatic rings. The first kappa shape index (κ1) is 14.3. The number of halogens is 1. The van der Waals surface area contributed by atoms with Gasteiger partial charge in [0.25, 0.3) is 0 Å². The number of aryl methyl sites for hydroxylation is 1. The zero-order valence-electron chi connectivity index (χ0n) is 11.2. The Morgan fingerprint density at radius 1 is 1.39 bits per heavy atom. The molecule has 2 atom stereocenters. The number of benzene rings is 1. The minimum atomic E-state index is -0.766. The van der Waals surface area contributed by atoms with Crippen molar-refractivity contribution in [1.29, 1.82) is 0 Å². The molecule has 0 saturated carbocycles. The summed E-state index contributed by atoms with van der Waals surface area (Å²) < 4.78 is 7.15. The van der Waals surface area contributed by atoms with Gasteiger partial charge in [0.05, 0.1) is 11.7 Å². The van der Waals surface area contributed by atoms with Crippen molar-refractivity contribution in [2.75, 3.05) is 4.43 Å². The van der Waals surface area contributed by atoms with Gasteiger partial charge in [-0.15, -0.1) is 0 Å². The van der Waals surface area contributed by atoms with E-state index >= 15 is 0 Å². The first-order valence-corrected chi connectivity index (χ1v) is 7.93. The summed E-state index contributed by atoms with van der Waals surface area (Å²) in [5.74, 6) is 0. The van der Waals surface area contributed by atoms with E-state index in [1.807, 2.05) is 13.8 Å². The van der Waals surface area contributed by atoms with E-state index in [1.165, 1.54) is 11.1 Å². The highest BCUT2D eigenvalue weighted by Crippen LogP contribution is 2.43. The van der Waals surface area contributed by atoms with Crippen molar-refractivity contribution < 1.29 is 9.84 Å².